The Balaban J connectivity index is 1.76. The first-order valence-electron chi connectivity index (χ1n) is 6.27. The third-order valence-corrected chi connectivity index (χ3v) is 4.82. The van der Waals surface area contributed by atoms with Crippen LogP contribution in [0, 0.1) is 10.1 Å². The van der Waals surface area contributed by atoms with Crippen LogP contribution in [0.3, 0.4) is 0 Å². The molecule has 0 aliphatic heterocycles. The van der Waals surface area contributed by atoms with Crippen molar-refractivity contribution in [3.8, 4) is 0 Å². The summed E-state index contributed by atoms with van der Waals surface area (Å²) in [5, 5.41) is 17.3. The molecule has 0 unspecified atom stereocenters. The van der Waals surface area contributed by atoms with Gasteiger partial charge in [-0.15, -0.1) is 11.3 Å². The number of nitro groups is 1. The molecule has 0 saturated carbocycles. The van der Waals surface area contributed by atoms with Gasteiger partial charge < -0.3 is 5.32 Å². The van der Waals surface area contributed by atoms with Crippen LogP contribution in [0.25, 0.3) is 10.1 Å². The second-order valence-electron chi connectivity index (χ2n) is 4.56. The zero-order chi connectivity index (χ0) is 14.8. The highest BCUT2D eigenvalue weighted by molar-refractivity contribution is 9.10. The van der Waals surface area contributed by atoms with Crippen molar-refractivity contribution in [1.82, 2.24) is 0 Å². The van der Waals surface area contributed by atoms with Crippen LogP contribution in [0.4, 0.5) is 11.4 Å². The average molecular weight is 363 g/mol. The molecule has 4 nitrogen and oxygen atoms in total. The summed E-state index contributed by atoms with van der Waals surface area (Å²) in [6.45, 7) is 0.605. The van der Waals surface area contributed by atoms with Crippen molar-refractivity contribution in [1.29, 1.82) is 0 Å². The molecule has 0 aliphatic carbocycles. The van der Waals surface area contributed by atoms with E-state index in [1.54, 1.807) is 17.4 Å². The molecular weight excluding hydrogens is 352 g/mol. The van der Waals surface area contributed by atoms with Gasteiger partial charge in [-0.2, -0.15) is 0 Å². The second-order valence-corrected chi connectivity index (χ2v) is 6.36. The maximum Gasteiger partial charge on any atom is 0.270 e. The minimum Gasteiger partial charge on any atom is -0.381 e. The Labute approximate surface area is 133 Å². The van der Waals surface area contributed by atoms with Gasteiger partial charge in [0.05, 0.1) is 4.92 Å². The Morgan fingerprint density at radius 2 is 2.05 bits per heavy atom. The van der Waals surface area contributed by atoms with Crippen LogP contribution in [-0.2, 0) is 6.54 Å². The lowest BCUT2D eigenvalue weighted by atomic mass is 10.2. The molecule has 21 heavy (non-hydrogen) atoms. The van der Waals surface area contributed by atoms with Crippen molar-refractivity contribution in [3.63, 3.8) is 0 Å². The van der Waals surface area contributed by atoms with Crippen molar-refractivity contribution in [2.75, 3.05) is 5.32 Å². The van der Waals surface area contributed by atoms with Gasteiger partial charge in [0.1, 0.15) is 0 Å². The SMILES string of the molecule is O=[N+]([O-])c1ccc(CNc2ccc3sccc3c2)c(Br)c1. The minimum atomic E-state index is -0.396. The summed E-state index contributed by atoms with van der Waals surface area (Å²) in [4.78, 5) is 10.3. The third-order valence-electron chi connectivity index (χ3n) is 3.18. The van der Waals surface area contributed by atoms with E-state index in [0.29, 0.717) is 6.54 Å². The second kappa shape index (κ2) is 5.83. The summed E-state index contributed by atoms with van der Waals surface area (Å²) in [6, 6.07) is 13.1. The normalized spacial score (nSPS) is 10.7. The van der Waals surface area contributed by atoms with Gasteiger partial charge in [-0.3, -0.25) is 10.1 Å². The van der Waals surface area contributed by atoms with Gasteiger partial charge >= 0.3 is 0 Å². The van der Waals surface area contributed by atoms with E-state index in [4.69, 9.17) is 0 Å². The molecule has 3 rings (SSSR count). The summed E-state index contributed by atoms with van der Waals surface area (Å²) < 4.78 is 2.00. The van der Waals surface area contributed by atoms with Crippen molar-refractivity contribution >= 4 is 48.7 Å². The lowest BCUT2D eigenvalue weighted by molar-refractivity contribution is -0.384. The van der Waals surface area contributed by atoms with E-state index in [2.05, 4.69) is 44.8 Å². The summed E-state index contributed by atoms with van der Waals surface area (Å²) in [7, 11) is 0. The van der Waals surface area contributed by atoms with Crippen LogP contribution in [0.1, 0.15) is 5.56 Å². The number of thiophene rings is 1. The first kappa shape index (κ1) is 14.0. The molecule has 0 bridgehead atoms. The van der Waals surface area contributed by atoms with Crippen molar-refractivity contribution in [2.24, 2.45) is 0 Å². The average Bonchev–Trinajstić information content (AvgIpc) is 2.93. The molecule has 0 aliphatic rings. The van der Waals surface area contributed by atoms with E-state index >= 15 is 0 Å². The number of benzene rings is 2. The fourth-order valence-electron chi connectivity index (χ4n) is 2.07. The maximum absolute atomic E-state index is 10.7. The van der Waals surface area contributed by atoms with Gasteiger partial charge in [0.25, 0.3) is 5.69 Å². The Hall–Kier alpha value is -1.92. The van der Waals surface area contributed by atoms with E-state index in [9.17, 15) is 10.1 Å². The van der Waals surface area contributed by atoms with Crippen LogP contribution in [0.2, 0.25) is 0 Å². The Morgan fingerprint density at radius 3 is 2.81 bits per heavy atom. The maximum atomic E-state index is 10.7. The van der Waals surface area contributed by atoms with Crippen LogP contribution >= 0.6 is 27.3 Å². The largest absolute Gasteiger partial charge is 0.381 e. The van der Waals surface area contributed by atoms with E-state index in [1.165, 1.54) is 22.2 Å². The van der Waals surface area contributed by atoms with Gasteiger partial charge in [0.2, 0.25) is 0 Å². The van der Waals surface area contributed by atoms with Crippen LogP contribution in [0.15, 0.2) is 52.3 Å². The summed E-state index contributed by atoms with van der Waals surface area (Å²) in [5.41, 5.74) is 2.10. The fraction of sp³-hybridized carbons (Fsp3) is 0.0667. The first-order valence-corrected chi connectivity index (χ1v) is 7.95. The lowest BCUT2D eigenvalue weighted by Crippen LogP contribution is -2.00. The molecule has 2 aromatic carbocycles. The molecule has 0 atom stereocenters. The molecule has 1 heterocycles. The topological polar surface area (TPSA) is 55.2 Å². The zero-order valence-corrected chi connectivity index (χ0v) is 13.3. The lowest BCUT2D eigenvalue weighted by Gasteiger charge is -2.08. The number of nitrogens with one attached hydrogen (secondary N) is 1. The predicted molar refractivity (Wildman–Crippen MR) is 89.9 cm³/mol. The Kier molecular flexibility index (Phi) is 3.90. The van der Waals surface area contributed by atoms with Gasteiger partial charge in [-0.1, -0.05) is 15.9 Å². The molecule has 0 spiro atoms. The van der Waals surface area contributed by atoms with Crippen molar-refractivity contribution < 1.29 is 4.92 Å². The number of rotatable bonds is 4. The number of nitro benzene ring substituents is 1. The van der Waals surface area contributed by atoms with Gasteiger partial charge in [0.15, 0.2) is 0 Å². The first-order chi connectivity index (χ1) is 10.1. The van der Waals surface area contributed by atoms with Crippen molar-refractivity contribution in [3.05, 3.63) is 68.0 Å². The van der Waals surface area contributed by atoms with Crippen LogP contribution in [-0.4, -0.2) is 4.92 Å². The molecule has 3 aromatic rings. The molecule has 6 heteroatoms. The monoisotopic (exact) mass is 362 g/mol. The number of halogens is 1. The van der Waals surface area contributed by atoms with Crippen molar-refractivity contribution in [2.45, 2.75) is 6.54 Å². The Bertz CT molecular complexity index is 816. The predicted octanol–water partition coefficient (Wildman–Crippen LogP) is 5.18. The molecule has 0 saturated heterocycles. The number of nitrogens with zero attached hydrogens (tertiary/aromatic N) is 1. The highest BCUT2D eigenvalue weighted by Crippen LogP contribution is 2.26. The number of hydrogen-bond donors (Lipinski definition) is 1. The number of hydrogen-bond acceptors (Lipinski definition) is 4. The number of anilines is 1. The molecule has 106 valence electrons. The van der Waals surface area contributed by atoms with Crippen LogP contribution in [0.5, 0.6) is 0 Å². The van der Waals surface area contributed by atoms with Gasteiger partial charge in [0, 0.05) is 33.5 Å². The number of fused-ring (bicyclic) bond motifs is 1. The molecular formula is C15H11BrN2O2S. The molecule has 0 fully saturated rings. The number of non-ortho nitro benzene ring substituents is 1. The van der Waals surface area contributed by atoms with Crippen LogP contribution < -0.4 is 5.32 Å². The molecule has 1 N–H and O–H groups in total. The highest BCUT2D eigenvalue weighted by atomic mass is 79.9. The molecule has 0 amide bonds. The quantitative estimate of drug-likeness (QED) is 0.513. The van der Waals surface area contributed by atoms with Gasteiger partial charge in [-0.25, -0.2) is 0 Å². The van der Waals surface area contributed by atoms with E-state index in [-0.39, 0.29) is 5.69 Å². The smallest absolute Gasteiger partial charge is 0.270 e. The molecule has 1 aromatic heterocycles. The van der Waals surface area contributed by atoms with Gasteiger partial charge in [-0.05, 0) is 46.7 Å². The highest BCUT2D eigenvalue weighted by Gasteiger charge is 2.09. The third kappa shape index (κ3) is 3.06. The standard InChI is InChI=1S/C15H11BrN2O2S/c16-14-8-13(18(19)20)3-1-11(14)9-17-12-2-4-15-10(7-12)5-6-21-15/h1-8,17H,9H2. The summed E-state index contributed by atoms with van der Waals surface area (Å²) in [6.07, 6.45) is 0. The summed E-state index contributed by atoms with van der Waals surface area (Å²) >= 11 is 5.10. The summed E-state index contributed by atoms with van der Waals surface area (Å²) in [5.74, 6) is 0. The van der Waals surface area contributed by atoms with E-state index in [0.717, 1.165) is 15.7 Å². The Morgan fingerprint density at radius 1 is 1.19 bits per heavy atom. The van der Waals surface area contributed by atoms with E-state index < -0.39 is 4.92 Å². The minimum absolute atomic E-state index is 0.0883. The zero-order valence-electron chi connectivity index (χ0n) is 10.9. The fourth-order valence-corrected chi connectivity index (χ4v) is 3.34. The molecule has 0 radical (unpaired) electrons. The van der Waals surface area contributed by atoms with E-state index in [1.807, 2.05) is 6.07 Å².